The van der Waals surface area contributed by atoms with Crippen LogP contribution in [0, 0.1) is 0 Å². The minimum atomic E-state index is -2.02. The van der Waals surface area contributed by atoms with Crippen molar-refractivity contribution < 1.29 is 118 Å². The summed E-state index contributed by atoms with van der Waals surface area (Å²) in [6.45, 7) is -2.05. The van der Waals surface area contributed by atoms with E-state index in [4.69, 9.17) is 47.4 Å². The van der Waals surface area contributed by atoms with Crippen molar-refractivity contribution in [2.75, 3.05) is 19.8 Å². The van der Waals surface area contributed by atoms with Crippen LogP contribution in [-0.4, -0.2) is 190 Å². The molecule has 69 heavy (non-hydrogen) atoms. The molecule has 1 aliphatic carbocycles. The summed E-state index contributed by atoms with van der Waals surface area (Å²) in [4.78, 5) is 46.5. The normalized spacial score (nSPS) is 30.4. The van der Waals surface area contributed by atoms with Gasteiger partial charge in [-0.05, 0) is 54.1 Å². The van der Waals surface area contributed by atoms with E-state index in [2.05, 4.69) is 0 Å². The number of carboxylic acids is 1. The first-order valence-corrected chi connectivity index (χ1v) is 20.8. The second-order valence-electron chi connectivity index (χ2n) is 15.9. The molecule has 25 heteroatoms. The molecule has 7 rings (SSSR count). The molecule has 2 aromatic rings. The third-order valence-corrected chi connectivity index (χ3v) is 11.0. The van der Waals surface area contributed by atoms with E-state index in [1.807, 2.05) is 0 Å². The molecule has 5 aliphatic rings. The molecular weight excluding hydrogens is 928 g/mol. The molecule has 0 bridgehead atoms. The van der Waals surface area contributed by atoms with Crippen LogP contribution in [0.1, 0.15) is 12.0 Å². The third kappa shape index (κ3) is 11.7. The molecule has 3 fully saturated rings. The van der Waals surface area contributed by atoms with Gasteiger partial charge in [-0.1, -0.05) is 6.07 Å². The van der Waals surface area contributed by atoms with E-state index in [-0.39, 0.29) is 39.9 Å². The number of aromatic hydroxyl groups is 3. The summed E-state index contributed by atoms with van der Waals surface area (Å²) in [6, 6.07) is 12.2. The first kappa shape index (κ1) is 50.4. The molecule has 4 aliphatic heterocycles. The van der Waals surface area contributed by atoms with Crippen LogP contribution in [0.3, 0.4) is 0 Å². The van der Waals surface area contributed by atoms with E-state index >= 15 is 0 Å². The average molecular weight is 976 g/mol. The monoisotopic (exact) mass is 975 g/mol. The first-order chi connectivity index (χ1) is 32.8. The Kier molecular flexibility index (Phi) is 15.7. The third-order valence-electron chi connectivity index (χ3n) is 11.0. The number of carbonyl (C=O) groups excluding carboxylic acids is 2. The molecule has 372 valence electrons. The summed E-state index contributed by atoms with van der Waals surface area (Å²) in [5, 5.41) is 125. The van der Waals surface area contributed by atoms with E-state index in [0.717, 1.165) is 18.2 Å². The predicted molar refractivity (Wildman–Crippen MR) is 225 cm³/mol. The van der Waals surface area contributed by atoms with Crippen LogP contribution in [0.15, 0.2) is 76.0 Å². The SMILES string of the molecule is O=C(O)CC(=O)OC[C@H]1O[C@@H](Oc2cc(=O)cc3oc(-c4ccc(O)cc4)c(O[C@@H]4O[C@H](COC(=[OH+])C=Cc5ccc(O)c(O)c5)[C@@H](O)[C@H](O)[C@H]4O[C@@H]4OC[C@@H](O)[C@H](O)[C@H]4O)cc2-3)[C@H](O)[C@@H](O)[C@@H]1O. The maximum Gasteiger partial charge on any atom is 0.510 e. The number of phenols is 3. The van der Waals surface area contributed by atoms with Gasteiger partial charge in [0.25, 0.3) is 0 Å². The molecule has 0 aromatic heterocycles. The zero-order chi connectivity index (χ0) is 49.8. The summed E-state index contributed by atoms with van der Waals surface area (Å²) in [6.07, 6.45) is -24.4. The summed E-state index contributed by atoms with van der Waals surface area (Å²) in [5.74, 6) is -5.65. The highest BCUT2D eigenvalue weighted by molar-refractivity contribution is 5.90. The van der Waals surface area contributed by atoms with Crippen LogP contribution in [0.2, 0.25) is 0 Å². The van der Waals surface area contributed by atoms with Crippen molar-refractivity contribution in [2.24, 2.45) is 0 Å². The van der Waals surface area contributed by atoms with Gasteiger partial charge < -0.3 is 108 Å². The van der Waals surface area contributed by atoms with Crippen molar-refractivity contribution in [3.05, 3.63) is 82.5 Å². The number of rotatable bonds is 15. The number of aliphatic hydroxyl groups excluding tert-OH is 8. The number of aliphatic hydroxyl groups is 8. The van der Waals surface area contributed by atoms with Crippen molar-refractivity contribution in [1.29, 1.82) is 0 Å². The molecule has 0 spiro atoms. The fourth-order valence-electron chi connectivity index (χ4n) is 7.28. The Morgan fingerprint density at radius 1 is 0.696 bits per heavy atom. The van der Waals surface area contributed by atoms with Gasteiger partial charge in [0.15, 0.2) is 46.9 Å². The molecule has 14 atom stereocenters. The molecule has 13 N–H and O–H groups in total. The quantitative estimate of drug-likeness (QED) is 0.0194. The molecule has 2 aromatic carbocycles. The number of fused-ring (bicyclic) bond motifs is 1. The Labute approximate surface area is 387 Å². The van der Waals surface area contributed by atoms with Crippen molar-refractivity contribution in [1.82, 2.24) is 0 Å². The number of carbonyl (C=O) groups is 2. The van der Waals surface area contributed by atoms with Crippen LogP contribution >= 0.6 is 0 Å². The number of phenolic OH excluding ortho intramolecular Hbond substituents is 3. The molecule has 0 amide bonds. The molecule has 0 radical (unpaired) electrons. The molecular formula is C44H47O25+. The number of benzene rings is 3. The topological polar surface area (TPSA) is 402 Å². The number of hydrogen-bond acceptors (Lipinski definition) is 23. The molecule has 4 heterocycles. The first-order valence-electron chi connectivity index (χ1n) is 20.8. The van der Waals surface area contributed by atoms with Crippen LogP contribution in [-0.2, 0) is 38.0 Å². The van der Waals surface area contributed by atoms with Crippen LogP contribution in [0.4, 0.5) is 0 Å². The summed E-state index contributed by atoms with van der Waals surface area (Å²) < 4.78 is 51.6. The van der Waals surface area contributed by atoms with Gasteiger partial charge in [0.1, 0.15) is 85.2 Å². The molecule has 0 unspecified atom stereocenters. The van der Waals surface area contributed by atoms with Crippen molar-refractivity contribution >= 4 is 24.0 Å². The minimum Gasteiger partial charge on any atom is -0.508 e. The molecule has 0 saturated carbocycles. The number of esters is 2. The Morgan fingerprint density at radius 3 is 2.04 bits per heavy atom. The standard InChI is InChI=1S/C44H46O25/c45-19-5-3-18(4-6-19)40-27(12-21-25(64-40)10-20(46)11-26(21)65-43-39(60)36(57)34(55)28(67-43)16-62-32(53)13-30(50)51)66-44-41(69-42-38(59)33(54)24(49)14-63-42)37(58)35(56)29(68-44)15-61-31(52)8-2-17-1-7-22(47)23(48)9-17/h1-12,24,28-29,33-39,41-45,47-49,54-60H,13-16H2,(H,50,51)/p+1/t24-,28-,29-,33+,34-,35-,36+,37+,38-,39-,41-,42+,43-,44-/m1/s1. The second kappa shape index (κ2) is 21.5. The highest BCUT2D eigenvalue weighted by atomic mass is 16.8. The predicted octanol–water partition coefficient (Wildman–Crippen LogP) is -2.39. The van der Waals surface area contributed by atoms with Gasteiger partial charge >= 0.3 is 17.9 Å². The van der Waals surface area contributed by atoms with Gasteiger partial charge in [-0.2, -0.15) is 0 Å². The van der Waals surface area contributed by atoms with E-state index in [0.29, 0.717) is 5.56 Å². The van der Waals surface area contributed by atoms with Gasteiger partial charge in [-0.3, -0.25) is 14.4 Å². The van der Waals surface area contributed by atoms with Crippen LogP contribution in [0.5, 0.6) is 28.7 Å². The van der Waals surface area contributed by atoms with Crippen LogP contribution < -0.4 is 14.9 Å². The second-order valence-corrected chi connectivity index (χ2v) is 15.9. The van der Waals surface area contributed by atoms with Gasteiger partial charge in [0.2, 0.25) is 19.2 Å². The molecule has 3 saturated heterocycles. The highest BCUT2D eigenvalue weighted by Gasteiger charge is 2.52. The van der Waals surface area contributed by atoms with Crippen molar-refractivity contribution in [2.45, 2.75) is 92.4 Å². The molecule has 25 nitrogen and oxygen atoms in total. The van der Waals surface area contributed by atoms with Crippen molar-refractivity contribution in [3.63, 3.8) is 0 Å². The number of aliphatic carboxylic acids is 1. The van der Waals surface area contributed by atoms with E-state index < -0.39 is 147 Å². The highest BCUT2D eigenvalue weighted by Crippen LogP contribution is 2.43. The van der Waals surface area contributed by atoms with Crippen molar-refractivity contribution in [3.8, 4) is 51.4 Å². The van der Waals surface area contributed by atoms with E-state index in [9.17, 15) is 75.3 Å². The zero-order valence-corrected chi connectivity index (χ0v) is 35.6. The van der Waals surface area contributed by atoms with Gasteiger partial charge in [0.05, 0.1) is 18.2 Å². The Balaban J connectivity index is 1.23. The van der Waals surface area contributed by atoms with Crippen LogP contribution in [0.25, 0.3) is 28.7 Å². The Morgan fingerprint density at radius 2 is 1.35 bits per heavy atom. The van der Waals surface area contributed by atoms with E-state index in [1.165, 1.54) is 54.6 Å². The number of hydrogen-bond donors (Lipinski definition) is 12. The van der Waals surface area contributed by atoms with Gasteiger partial charge in [-0.15, -0.1) is 0 Å². The fraction of sp³-hybridized carbons (Fsp3) is 0.409. The maximum absolute atomic E-state index is 13.1. The van der Waals surface area contributed by atoms with Gasteiger partial charge in [0, 0.05) is 17.7 Å². The lowest BCUT2D eigenvalue weighted by atomic mass is 9.98. The Bertz CT molecular complexity index is 2510. The smallest absolute Gasteiger partial charge is 0.508 e. The lowest BCUT2D eigenvalue weighted by Crippen LogP contribution is -2.64. The minimum absolute atomic E-state index is 0.127. The average Bonchev–Trinajstić information content (AvgIpc) is 3.30. The maximum atomic E-state index is 13.1. The summed E-state index contributed by atoms with van der Waals surface area (Å²) in [7, 11) is 0. The number of carboxylic acid groups (broad SMARTS) is 1. The number of ether oxygens (including phenoxy) is 8. The summed E-state index contributed by atoms with van der Waals surface area (Å²) in [5.41, 5.74) is -0.362. The fourth-order valence-corrected chi connectivity index (χ4v) is 7.28. The van der Waals surface area contributed by atoms with E-state index in [1.54, 1.807) is 0 Å². The lowest BCUT2D eigenvalue weighted by molar-refractivity contribution is -0.344. The largest absolute Gasteiger partial charge is 0.510 e. The summed E-state index contributed by atoms with van der Waals surface area (Å²) >= 11 is 0. The lowest BCUT2D eigenvalue weighted by Gasteiger charge is -2.44. The van der Waals surface area contributed by atoms with Gasteiger partial charge in [-0.25, -0.2) is 0 Å². The zero-order valence-electron chi connectivity index (χ0n) is 35.6. The Hall–Kier alpha value is -6.46.